The zero-order valence-electron chi connectivity index (χ0n) is 16.3. The molecule has 0 N–H and O–H groups in total. The van der Waals surface area contributed by atoms with Crippen molar-refractivity contribution in [1.29, 1.82) is 0 Å². The molecule has 146 valence electrons. The third-order valence-corrected chi connectivity index (χ3v) is 5.36. The summed E-state index contributed by atoms with van der Waals surface area (Å²) in [6.07, 6.45) is 0.377. The van der Waals surface area contributed by atoms with Crippen LogP contribution in [0.4, 0.5) is 4.79 Å². The summed E-state index contributed by atoms with van der Waals surface area (Å²) in [5, 5.41) is 4.24. The second kappa shape index (κ2) is 7.19. The lowest BCUT2D eigenvalue weighted by atomic mass is 9.91. The molecule has 0 spiro atoms. The first-order chi connectivity index (χ1) is 13.5. The van der Waals surface area contributed by atoms with Crippen molar-refractivity contribution < 1.29 is 19.1 Å². The first kappa shape index (κ1) is 18.3. The van der Waals surface area contributed by atoms with Gasteiger partial charge in [-0.05, 0) is 55.7 Å². The van der Waals surface area contributed by atoms with Gasteiger partial charge in [-0.1, -0.05) is 35.5 Å². The molecule has 1 fully saturated rings. The van der Waals surface area contributed by atoms with Crippen molar-refractivity contribution in [3.63, 3.8) is 0 Å². The van der Waals surface area contributed by atoms with Crippen molar-refractivity contribution in [2.75, 3.05) is 7.11 Å². The summed E-state index contributed by atoms with van der Waals surface area (Å²) < 4.78 is 10.9. The third kappa shape index (κ3) is 3.42. The molecule has 1 amide bonds. The number of carbonyl (C=O) groups is 1. The van der Waals surface area contributed by atoms with E-state index in [1.165, 1.54) is 0 Å². The van der Waals surface area contributed by atoms with Gasteiger partial charge in [-0.15, -0.1) is 0 Å². The minimum Gasteiger partial charge on any atom is -0.497 e. The van der Waals surface area contributed by atoms with Crippen molar-refractivity contribution >= 4 is 11.8 Å². The third-order valence-electron chi connectivity index (χ3n) is 5.36. The van der Waals surface area contributed by atoms with Gasteiger partial charge in [0.1, 0.15) is 11.4 Å². The number of carbonyl (C=O) groups excluding carboxylic acids is 1. The van der Waals surface area contributed by atoms with Crippen molar-refractivity contribution in [1.82, 2.24) is 4.90 Å². The normalized spacial score (nSPS) is 23.2. The van der Waals surface area contributed by atoms with Crippen LogP contribution in [-0.2, 0) is 16.0 Å². The molecule has 6 heteroatoms. The molecular formula is C22H24N2O4. The standard InChI is InChI=1S/C22H24N2O4/c1-22(2)19(13-15-7-5-4-6-8-15)24(21(25)27-22)20-14-18(23-28-20)16-9-11-17(26-3)12-10-16/h4-12,19-20H,13-14H2,1-3H3/t19-,20?/m0/s1. The van der Waals surface area contributed by atoms with E-state index < -0.39 is 11.8 Å². The van der Waals surface area contributed by atoms with Crippen LogP contribution in [0, 0.1) is 0 Å². The van der Waals surface area contributed by atoms with Crippen LogP contribution in [0.15, 0.2) is 59.8 Å². The second-order valence-electron chi connectivity index (χ2n) is 7.61. The van der Waals surface area contributed by atoms with Crippen LogP contribution >= 0.6 is 0 Å². The van der Waals surface area contributed by atoms with Crippen LogP contribution in [0.1, 0.15) is 31.4 Å². The van der Waals surface area contributed by atoms with E-state index in [0.717, 1.165) is 22.6 Å². The SMILES string of the molecule is COc1ccc(C2=NOC(N3C(=O)OC(C)(C)[C@@H]3Cc3ccccc3)C2)cc1. The lowest BCUT2D eigenvalue weighted by molar-refractivity contribution is -0.0285. The van der Waals surface area contributed by atoms with Gasteiger partial charge < -0.3 is 14.3 Å². The minimum absolute atomic E-state index is 0.141. The molecule has 0 radical (unpaired) electrons. The van der Waals surface area contributed by atoms with Gasteiger partial charge in [-0.25, -0.2) is 4.79 Å². The highest BCUT2D eigenvalue weighted by Gasteiger charge is 2.52. The van der Waals surface area contributed by atoms with Gasteiger partial charge in [0.2, 0.25) is 6.23 Å². The van der Waals surface area contributed by atoms with E-state index >= 15 is 0 Å². The average molecular weight is 380 g/mol. The number of methoxy groups -OCH3 is 1. The number of cyclic esters (lactones) is 1. The zero-order chi connectivity index (χ0) is 19.7. The van der Waals surface area contributed by atoms with E-state index in [1.807, 2.05) is 56.3 Å². The van der Waals surface area contributed by atoms with Gasteiger partial charge >= 0.3 is 6.09 Å². The van der Waals surface area contributed by atoms with E-state index in [1.54, 1.807) is 12.0 Å². The number of nitrogens with zero attached hydrogens (tertiary/aromatic N) is 2. The van der Waals surface area contributed by atoms with Gasteiger partial charge in [-0.3, -0.25) is 4.90 Å². The van der Waals surface area contributed by atoms with Crippen molar-refractivity contribution in [3.8, 4) is 5.75 Å². The minimum atomic E-state index is -0.612. The zero-order valence-corrected chi connectivity index (χ0v) is 16.3. The van der Waals surface area contributed by atoms with Crippen LogP contribution in [0.25, 0.3) is 0 Å². The van der Waals surface area contributed by atoms with Crippen LogP contribution in [0.2, 0.25) is 0 Å². The highest BCUT2D eigenvalue weighted by molar-refractivity contribution is 6.01. The molecule has 1 saturated heterocycles. The number of rotatable bonds is 5. The maximum Gasteiger partial charge on any atom is 0.413 e. The molecule has 1 unspecified atom stereocenters. The van der Waals surface area contributed by atoms with Crippen molar-refractivity contribution in [3.05, 3.63) is 65.7 Å². The summed E-state index contributed by atoms with van der Waals surface area (Å²) >= 11 is 0. The molecule has 2 aromatic rings. The Morgan fingerprint density at radius 3 is 2.54 bits per heavy atom. The summed E-state index contributed by atoms with van der Waals surface area (Å²) in [6.45, 7) is 3.89. The average Bonchev–Trinajstić information content (AvgIpc) is 3.25. The van der Waals surface area contributed by atoms with Gasteiger partial charge in [-0.2, -0.15) is 0 Å². The molecule has 0 bridgehead atoms. The Labute approximate surface area is 164 Å². The Kier molecular flexibility index (Phi) is 4.71. The Morgan fingerprint density at radius 2 is 1.86 bits per heavy atom. The fourth-order valence-corrected chi connectivity index (χ4v) is 3.78. The summed E-state index contributed by atoms with van der Waals surface area (Å²) in [5.74, 6) is 0.785. The number of ether oxygens (including phenoxy) is 2. The molecule has 2 heterocycles. The van der Waals surface area contributed by atoms with Crippen LogP contribution in [0.5, 0.6) is 5.75 Å². The Balaban J connectivity index is 1.52. The first-order valence-electron chi connectivity index (χ1n) is 9.40. The molecule has 2 aliphatic rings. The summed E-state index contributed by atoms with van der Waals surface area (Å²) in [6, 6.07) is 17.6. The molecule has 2 aromatic carbocycles. The smallest absolute Gasteiger partial charge is 0.413 e. The number of benzene rings is 2. The van der Waals surface area contributed by atoms with Crippen molar-refractivity contribution in [2.24, 2.45) is 5.16 Å². The predicted molar refractivity (Wildman–Crippen MR) is 105 cm³/mol. The second-order valence-corrected chi connectivity index (χ2v) is 7.61. The Morgan fingerprint density at radius 1 is 1.14 bits per heavy atom. The maximum atomic E-state index is 12.7. The van der Waals surface area contributed by atoms with Gasteiger partial charge in [0.15, 0.2) is 0 Å². The molecule has 2 aliphatic heterocycles. The van der Waals surface area contributed by atoms with E-state index in [2.05, 4.69) is 17.3 Å². The Bertz CT molecular complexity index is 877. The van der Waals surface area contributed by atoms with E-state index in [-0.39, 0.29) is 12.1 Å². The summed E-state index contributed by atoms with van der Waals surface area (Å²) in [4.78, 5) is 20.0. The molecule has 28 heavy (non-hydrogen) atoms. The van der Waals surface area contributed by atoms with Gasteiger partial charge in [0.25, 0.3) is 0 Å². The lowest BCUT2D eigenvalue weighted by Gasteiger charge is -2.31. The molecule has 0 aromatic heterocycles. The number of hydrogen-bond acceptors (Lipinski definition) is 5. The Hall–Kier alpha value is -3.02. The lowest BCUT2D eigenvalue weighted by Crippen LogP contribution is -2.48. The number of oxime groups is 1. The topological polar surface area (TPSA) is 60.4 Å². The van der Waals surface area contributed by atoms with Crippen LogP contribution in [0.3, 0.4) is 0 Å². The van der Waals surface area contributed by atoms with E-state index in [0.29, 0.717) is 12.8 Å². The number of hydrogen-bond donors (Lipinski definition) is 0. The van der Waals surface area contributed by atoms with Crippen LogP contribution in [-0.4, -0.2) is 41.7 Å². The van der Waals surface area contributed by atoms with Gasteiger partial charge in [0.05, 0.1) is 25.3 Å². The summed E-state index contributed by atoms with van der Waals surface area (Å²) in [5.41, 5.74) is 2.30. The molecule has 4 rings (SSSR count). The monoisotopic (exact) mass is 380 g/mol. The summed E-state index contributed by atoms with van der Waals surface area (Å²) in [7, 11) is 1.63. The van der Waals surface area contributed by atoms with Crippen molar-refractivity contribution in [2.45, 2.75) is 44.6 Å². The van der Waals surface area contributed by atoms with Crippen LogP contribution < -0.4 is 4.74 Å². The van der Waals surface area contributed by atoms with E-state index in [4.69, 9.17) is 14.3 Å². The molecule has 0 aliphatic carbocycles. The predicted octanol–water partition coefficient (Wildman–Crippen LogP) is 3.99. The van der Waals surface area contributed by atoms with E-state index in [9.17, 15) is 4.79 Å². The quantitative estimate of drug-likeness (QED) is 0.787. The molecule has 6 nitrogen and oxygen atoms in total. The van der Waals surface area contributed by atoms with Gasteiger partial charge in [0, 0.05) is 0 Å². The highest BCUT2D eigenvalue weighted by Crippen LogP contribution is 2.36. The maximum absolute atomic E-state index is 12.7. The highest BCUT2D eigenvalue weighted by atomic mass is 16.7. The fraction of sp³-hybridized carbons (Fsp3) is 0.364. The molecular weight excluding hydrogens is 356 g/mol. The molecule has 0 saturated carbocycles. The number of amides is 1. The largest absolute Gasteiger partial charge is 0.497 e. The molecule has 2 atom stereocenters. The fourth-order valence-electron chi connectivity index (χ4n) is 3.78. The first-order valence-corrected chi connectivity index (χ1v) is 9.40.